The summed E-state index contributed by atoms with van der Waals surface area (Å²) < 4.78 is 6.86. The molecule has 2 rings (SSSR count). The number of hydrogen-bond donors (Lipinski definition) is 2. The molecule has 0 fully saturated rings. The second kappa shape index (κ2) is 6.23. The van der Waals surface area contributed by atoms with Crippen molar-refractivity contribution in [2.75, 3.05) is 6.61 Å². The van der Waals surface area contributed by atoms with Gasteiger partial charge in [-0.3, -0.25) is 15.0 Å². The molecule has 0 bridgehead atoms. The SMILES string of the molecule is CCOc1cccc(-c2ccc(C(=O)NN)c(=O)n2C)c1. The zero-order valence-electron chi connectivity index (χ0n) is 11.9. The molecule has 0 unspecified atom stereocenters. The van der Waals surface area contributed by atoms with E-state index < -0.39 is 11.5 Å². The third-order valence-corrected chi connectivity index (χ3v) is 3.12. The van der Waals surface area contributed by atoms with Gasteiger partial charge < -0.3 is 9.30 Å². The number of nitrogen functional groups attached to an aromatic ring is 1. The van der Waals surface area contributed by atoms with Crippen LogP contribution in [0.25, 0.3) is 11.3 Å². The Hall–Kier alpha value is -2.60. The molecule has 0 saturated carbocycles. The number of hydrazine groups is 1. The summed E-state index contributed by atoms with van der Waals surface area (Å²) in [5, 5.41) is 0. The number of benzene rings is 1. The quantitative estimate of drug-likeness (QED) is 0.500. The van der Waals surface area contributed by atoms with Gasteiger partial charge in [-0.25, -0.2) is 5.84 Å². The second-order valence-electron chi connectivity index (χ2n) is 4.43. The molecule has 0 aliphatic heterocycles. The minimum atomic E-state index is -0.606. The van der Waals surface area contributed by atoms with Crippen molar-refractivity contribution in [3.63, 3.8) is 0 Å². The van der Waals surface area contributed by atoms with Crippen molar-refractivity contribution in [3.8, 4) is 17.0 Å². The molecular weight excluding hydrogens is 270 g/mol. The van der Waals surface area contributed by atoms with Gasteiger partial charge in [0, 0.05) is 12.6 Å². The molecule has 2 aromatic rings. The number of carbonyl (C=O) groups excluding carboxylic acids is 1. The first-order chi connectivity index (χ1) is 10.1. The fourth-order valence-electron chi connectivity index (χ4n) is 2.09. The molecule has 110 valence electrons. The van der Waals surface area contributed by atoms with Gasteiger partial charge in [-0.15, -0.1) is 0 Å². The Balaban J connectivity index is 2.51. The smallest absolute Gasteiger partial charge is 0.270 e. The van der Waals surface area contributed by atoms with Crippen LogP contribution in [-0.4, -0.2) is 17.1 Å². The van der Waals surface area contributed by atoms with E-state index in [4.69, 9.17) is 10.6 Å². The molecule has 6 nitrogen and oxygen atoms in total. The Bertz CT molecular complexity index is 722. The molecule has 0 atom stereocenters. The Morgan fingerprint density at radius 3 is 2.76 bits per heavy atom. The minimum absolute atomic E-state index is 0.00436. The maximum Gasteiger partial charge on any atom is 0.270 e. The number of amides is 1. The Labute approximate surface area is 122 Å². The summed E-state index contributed by atoms with van der Waals surface area (Å²) in [5.74, 6) is 5.18. The highest BCUT2D eigenvalue weighted by Crippen LogP contribution is 2.22. The summed E-state index contributed by atoms with van der Waals surface area (Å²) in [6, 6.07) is 10.6. The normalized spacial score (nSPS) is 10.2. The highest BCUT2D eigenvalue weighted by atomic mass is 16.5. The molecule has 1 amide bonds. The summed E-state index contributed by atoms with van der Waals surface area (Å²) in [6.07, 6.45) is 0. The van der Waals surface area contributed by atoms with Gasteiger partial charge >= 0.3 is 0 Å². The van der Waals surface area contributed by atoms with E-state index in [1.807, 2.05) is 36.6 Å². The first-order valence-electron chi connectivity index (χ1n) is 6.52. The topological polar surface area (TPSA) is 86.3 Å². The van der Waals surface area contributed by atoms with Crippen LogP contribution in [0.2, 0.25) is 0 Å². The lowest BCUT2D eigenvalue weighted by Crippen LogP contribution is -2.36. The molecule has 1 heterocycles. The van der Waals surface area contributed by atoms with Gasteiger partial charge in [0.2, 0.25) is 0 Å². The third kappa shape index (κ3) is 2.95. The van der Waals surface area contributed by atoms with E-state index in [9.17, 15) is 9.59 Å². The Morgan fingerprint density at radius 2 is 2.10 bits per heavy atom. The van der Waals surface area contributed by atoms with Gasteiger partial charge in [0.05, 0.1) is 12.3 Å². The maximum atomic E-state index is 12.2. The summed E-state index contributed by atoms with van der Waals surface area (Å²) in [4.78, 5) is 23.7. The van der Waals surface area contributed by atoms with Gasteiger partial charge in [0.25, 0.3) is 11.5 Å². The largest absolute Gasteiger partial charge is 0.494 e. The summed E-state index contributed by atoms with van der Waals surface area (Å²) in [6.45, 7) is 2.47. The van der Waals surface area contributed by atoms with Crippen LogP contribution in [0.3, 0.4) is 0 Å². The number of nitrogens with one attached hydrogen (secondary N) is 1. The first-order valence-corrected chi connectivity index (χ1v) is 6.52. The van der Waals surface area contributed by atoms with Crippen LogP contribution in [0.5, 0.6) is 5.75 Å². The zero-order valence-corrected chi connectivity index (χ0v) is 11.9. The van der Waals surface area contributed by atoms with Gasteiger partial charge in [-0.1, -0.05) is 12.1 Å². The van der Waals surface area contributed by atoms with Crippen LogP contribution >= 0.6 is 0 Å². The lowest BCUT2D eigenvalue weighted by molar-refractivity contribution is 0.0951. The lowest BCUT2D eigenvalue weighted by Gasteiger charge is -2.11. The van der Waals surface area contributed by atoms with Gasteiger partial charge in [0.15, 0.2) is 0 Å². The molecule has 0 saturated heterocycles. The Morgan fingerprint density at radius 1 is 1.33 bits per heavy atom. The van der Waals surface area contributed by atoms with Gasteiger partial charge in [-0.2, -0.15) is 0 Å². The molecule has 3 N–H and O–H groups in total. The van der Waals surface area contributed by atoms with Crippen LogP contribution < -0.4 is 21.6 Å². The standard InChI is InChI=1S/C15H17N3O3/c1-3-21-11-6-4-5-10(9-11)13-8-7-12(14(19)17-16)15(20)18(13)2/h4-9H,3,16H2,1-2H3,(H,17,19). The highest BCUT2D eigenvalue weighted by Gasteiger charge is 2.13. The van der Waals surface area contributed by atoms with E-state index in [1.54, 1.807) is 13.1 Å². The van der Waals surface area contributed by atoms with Crippen molar-refractivity contribution < 1.29 is 9.53 Å². The molecule has 0 aliphatic rings. The number of ether oxygens (including phenoxy) is 1. The van der Waals surface area contributed by atoms with Crippen LogP contribution in [0.1, 0.15) is 17.3 Å². The number of nitrogens with zero attached hydrogens (tertiary/aromatic N) is 1. The molecular formula is C15H17N3O3. The van der Waals surface area contributed by atoms with Crippen LogP contribution in [0.15, 0.2) is 41.2 Å². The van der Waals surface area contributed by atoms with Crippen molar-refractivity contribution >= 4 is 5.91 Å². The summed E-state index contributed by atoms with van der Waals surface area (Å²) >= 11 is 0. The lowest BCUT2D eigenvalue weighted by atomic mass is 10.1. The number of nitrogens with two attached hydrogens (primary N) is 1. The van der Waals surface area contributed by atoms with E-state index in [0.29, 0.717) is 12.3 Å². The summed E-state index contributed by atoms with van der Waals surface area (Å²) in [5.41, 5.74) is 3.08. The molecule has 1 aromatic carbocycles. The number of rotatable bonds is 4. The van der Waals surface area contributed by atoms with Crippen molar-refractivity contribution in [3.05, 3.63) is 52.3 Å². The monoisotopic (exact) mass is 287 g/mol. The minimum Gasteiger partial charge on any atom is -0.494 e. The van der Waals surface area contributed by atoms with Crippen molar-refractivity contribution in [1.29, 1.82) is 0 Å². The van der Waals surface area contributed by atoms with E-state index in [2.05, 4.69) is 0 Å². The average Bonchev–Trinajstić information content (AvgIpc) is 2.50. The van der Waals surface area contributed by atoms with Gasteiger partial charge in [-0.05, 0) is 31.2 Å². The fraction of sp³-hybridized carbons (Fsp3) is 0.200. The van der Waals surface area contributed by atoms with Crippen molar-refractivity contribution in [2.45, 2.75) is 6.92 Å². The average molecular weight is 287 g/mol. The molecule has 21 heavy (non-hydrogen) atoms. The molecule has 1 aromatic heterocycles. The Kier molecular flexibility index (Phi) is 4.39. The predicted octanol–water partition coefficient (Wildman–Crippen LogP) is 1.05. The van der Waals surface area contributed by atoms with E-state index in [0.717, 1.165) is 11.3 Å². The number of hydrogen-bond acceptors (Lipinski definition) is 4. The number of pyridine rings is 1. The van der Waals surface area contributed by atoms with Crippen LogP contribution in [0.4, 0.5) is 0 Å². The van der Waals surface area contributed by atoms with Crippen molar-refractivity contribution in [2.24, 2.45) is 12.9 Å². The predicted molar refractivity (Wildman–Crippen MR) is 79.9 cm³/mol. The van der Waals surface area contributed by atoms with E-state index in [-0.39, 0.29) is 5.56 Å². The highest BCUT2D eigenvalue weighted by molar-refractivity contribution is 5.93. The summed E-state index contributed by atoms with van der Waals surface area (Å²) in [7, 11) is 1.61. The first kappa shape index (κ1) is 14.8. The molecule has 0 spiro atoms. The van der Waals surface area contributed by atoms with Gasteiger partial charge in [0.1, 0.15) is 11.3 Å². The molecule has 0 radical (unpaired) electrons. The van der Waals surface area contributed by atoms with Crippen molar-refractivity contribution in [1.82, 2.24) is 9.99 Å². The van der Waals surface area contributed by atoms with Crippen LogP contribution in [0, 0.1) is 0 Å². The zero-order chi connectivity index (χ0) is 15.4. The number of carbonyl (C=O) groups is 1. The van der Waals surface area contributed by atoms with E-state index in [1.165, 1.54) is 10.6 Å². The fourth-order valence-corrected chi connectivity index (χ4v) is 2.09. The molecule has 6 heteroatoms. The number of aromatic nitrogens is 1. The van der Waals surface area contributed by atoms with E-state index >= 15 is 0 Å². The molecule has 0 aliphatic carbocycles. The maximum absolute atomic E-state index is 12.2. The second-order valence-corrected chi connectivity index (χ2v) is 4.43. The third-order valence-electron chi connectivity index (χ3n) is 3.12. The van der Waals surface area contributed by atoms with Crippen LogP contribution in [-0.2, 0) is 7.05 Å².